The summed E-state index contributed by atoms with van der Waals surface area (Å²) in [6.45, 7) is 0. The molecule has 2 aliphatic heterocycles. The maximum Gasteiger partial charge on any atom is 0.247 e. The fourth-order valence-corrected chi connectivity index (χ4v) is 5.24. The molecule has 4 heterocycles. The molecule has 0 radical (unpaired) electrons. The van der Waals surface area contributed by atoms with Crippen LogP contribution in [0.1, 0.15) is 36.7 Å². The second-order valence-corrected chi connectivity index (χ2v) is 9.04. The predicted molar refractivity (Wildman–Crippen MR) is 128 cm³/mol. The minimum atomic E-state index is -0.599. The number of nitrogens with zero attached hydrogens (tertiary/aromatic N) is 6. The fourth-order valence-electron chi connectivity index (χ4n) is 5.08. The molecule has 1 saturated heterocycles. The summed E-state index contributed by atoms with van der Waals surface area (Å²) >= 11 is 6.10. The van der Waals surface area contributed by atoms with E-state index in [1.54, 1.807) is 6.07 Å². The van der Waals surface area contributed by atoms with Gasteiger partial charge < -0.3 is 15.6 Å². The van der Waals surface area contributed by atoms with Crippen molar-refractivity contribution in [3.05, 3.63) is 77.2 Å². The van der Waals surface area contributed by atoms with Crippen LogP contribution >= 0.6 is 11.6 Å². The zero-order valence-corrected chi connectivity index (χ0v) is 19.2. The molecule has 4 aromatic rings. The minimum Gasteiger partial charge on any atom is -0.398 e. The Bertz CT molecular complexity index is 1460. The number of fused-ring (bicyclic) bond motifs is 1. The van der Waals surface area contributed by atoms with E-state index in [0.717, 1.165) is 24.1 Å². The van der Waals surface area contributed by atoms with Crippen molar-refractivity contribution < 1.29 is 9.18 Å². The first kappa shape index (κ1) is 21.5. The molecule has 0 spiro atoms. The fraction of sp³-hybridized carbons (Fsp3) is 0.208. The van der Waals surface area contributed by atoms with Crippen molar-refractivity contribution in [3.8, 4) is 16.9 Å². The predicted octanol–water partition coefficient (Wildman–Crippen LogP) is 3.95. The van der Waals surface area contributed by atoms with Crippen molar-refractivity contribution in [1.29, 1.82) is 0 Å². The van der Waals surface area contributed by atoms with Crippen molar-refractivity contribution in [2.45, 2.75) is 31.3 Å². The number of carbonyl (C=O) groups is 1. The van der Waals surface area contributed by atoms with Gasteiger partial charge in [-0.25, -0.2) is 9.37 Å². The second-order valence-electron chi connectivity index (χ2n) is 8.63. The number of rotatable bonds is 4. The molecule has 35 heavy (non-hydrogen) atoms. The van der Waals surface area contributed by atoms with Crippen LogP contribution in [0.3, 0.4) is 0 Å². The summed E-state index contributed by atoms with van der Waals surface area (Å²) in [5, 5.41) is 11.1. The molecule has 6 rings (SSSR count). The van der Waals surface area contributed by atoms with E-state index < -0.39 is 5.82 Å². The summed E-state index contributed by atoms with van der Waals surface area (Å²) in [6, 6.07) is 10.3. The number of nitrogen functional groups attached to an aromatic ring is 1. The third kappa shape index (κ3) is 3.57. The third-order valence-electron chi connectivity index (χ3n) is 6.65. The number of benzene rings is 2. The van der Waals surface area contributed by atoms with E-state index >= 15 is 4.39 Å². The molecule has 1 fully saturated rings. The number of para-hydroxylation sites is 1. The molecular weight excluding hydrogens is 471 g/mol. The molecule has 176 valence electrons. The SMILES string of the molecule is Nc1ccccc1-c1c[nH]c([C@@H]2CC[C@@H]3CC(c4c(-n5cnnn5)ccc(Cl)c4F)=CC(=O)N32)n1. The van der Waals surface area contributed by atoms with Gasteiger partial charge in [0.2, 0.25) is 5.91 Å². The van der Waals surface area contributed by atoms with E-state index in [9.17, 15) is 4.79 Å². The van der Waals surface area contributed by atoms with Gasteiger partial charge in [0.15, 0.2) is 5.82 Å². The molecule has 11 heteroatoms. The number of anilines is 1. The zero-order chi connectivity index (χ0) is 24.1. The number of H-pyrrole nitrogens is 1. The van der Waals surface area contributed by atoms with Gasteiger partial charge >= 0.3 is 0 Å². The van der Waals surface area contributed by atoms with E-state index in [0.29, 0.717) is 29.2 Å². The van der Waals surface area contributed by atoms with Crippen LogP contribution < -0.4 is 5.73 Å². The van der Waals surface area contributed by atoms with Crippen LogP contribution in [-0.2, 0) is 4.79 Å². The van der Waals surface area contributed by atoms with Crippen LogP contribution in [0.15, 0.2) is 55.0 Å². The Hall–Kier alpha value is -4.05. The topological polar surface area (TPSA) is 119 Å². The van der Waals surface area contributed by atoms with Crippen molar-refractivity contribution in [2.75, 3.05) is 5.73 Å². The highest BCUT2D eigenvalue weighted by atomic mass is 35.5. The largest absolute Gasteiger partial charge is 0.398 e. The van der Waals surface area contributed by atoms with E-state index in [1.807, 2.05) is 35.4 Å². The molecule has 0 saturated carbocycles. The monoisotopic (exact) mass is 490 g/mol. The highest BCUT2D eigenvalue weighted by molar-refractivity contribution is 6.31. The molecule has 0 bridgehead atoms. The molecular formula is C24H20ClFN8O. The number of carbonyl (C=O) groups excluding carboxylic acids is 1. The Kier molecular flexibility index (Phi) is 5.10. The summed E-state index contributed by atoms with van der Waals surface area (Å²) in [4.78, 5) is 23.2. The van der Waals surface area contributed by atoms with E-state index in [2.05, 4.69) is 20.5 Å². The highest BCUT2D eigenvalue weighted by Crippen LogP contribution is 2.44. The van der Waals surface area contributed by atoms with Crippen molar-refractivity contribution in [2.24, 2.45) is 0 Å². The molecule has 3 N–H and O–H groups in total. The van der Waals surface area contributed by atoms with Crippen LogP contribution in [0.2, 0.25) is 5.02 Å². The lowest BCUT2D eigenvalue weighted by Crippen LogP contribution is -2.39. The number of aromatic nitrogens is 6. The quantitative estimate of drug-likeness (QED) is 0.418. The van der Waals surface area contributed by atoms with Gasteiger partial charge in [-0.1, -0.05) is 29.8 Å². The van der Waals surface area contributed by atoms with E-state index in [1.165, 1.54) is 23.2 Å². The first-order chi connectivity index (χ1) is 17.0. The van der Waals surface area contributed by atoms with Gasteiger partial charge in [0.1, 0.15) is 12.2 Å². The number of tetrazole rings is 1. The summed E-state index contributed by atoms with van der Waals surface area (Å²) in [5.41, 5.74) is 9.54. The molecule has 1 amide bonds. The zero-order valence-electron chi connectivity index (χ0n) is 18.4. The van der Waals surface area contributed by atoms with Crippen LogP contribution in [0.25, 0.3) is 22.5 Å². The number of hydrogen-bond donors (Lipinski definition) is 2. The first-order valence-corrected chi connectivity index (χ1v) is 11.5. The molecule has 2 aromatic heterocycles. The van der Waals surface area contributed by atoms with Crippen LogP contribution in [-0.4, -0.2) is 47.0 Å². The lowest BCUT2D eigenvalue weighted by Gasteiger charge is -2.33. The van der Waals surface area contributed by atoms with E-state index in [-0.39, 0.29) is 28.6 Å². The van der Waals surface area contributed by atoms with Crippen molar-refractivity contribution in [3.63, 3.8) is 0 Å². The van der Waals surface area contributed by atoms with Gasteiger partial charge in [0.25, 0.3) is 0 Å². The molecule has 9 nitrogen and oxygen atoms in total. The molecule has 0 unspecified atom stereocenters. The lowest BCUT2D eigenvalue weighted by atomic mass is 9.92. The molecule has 2 aromatic carbocycles. The normalized spacial score (nSPS) is 19.7. The maximum atomic E-state index is 15.2. The Labute approximate surface area is 204 Å². The number of amides is 1. The molecule has 0 aliphatic carbocycles. The second kappa shape index (κ2) is 8.31. The summed E-state index contributed by atoms with van der Waals surface area (Å²) in [5.74, 6) is -0.0879. The standard InChI is InChI=1S/C24H20ClFN8O/c25-16-6-8-19(33-12-29-31-32-33)22(23(16)26)13-9-14-5-7-20(34(14)21(35)10-13)24-28-11-18(30-24)15-3-1-2-4-17(15)27/h1-4,6,8,10-12,14,20H,5,7,9,27H2,(H,28,30)/t14-,20+/m1/s1. The number of hydrogen-bond acceptors (Lipinski definition) is 6. The summed E-state index contributed by atoms with van der Waals surface area (Å²) < 4.78 is 16.6. The van der Waals surface area contributed by atoms with Crippen LogP contribution in [0.4, 0.5) is 10.1 Å². The maximum absolute atomic E-state index is 15.2. The van der Waals surface area contributed by atoms with Crippen molar-refractivity contribution >= 4 is 28.8 Å². The van der Waals surface area contributed by atoms with Gasteiger partial charge in [-0.05, 0) is 53.5 Å². The van der Waals surface area contributed by atoms with Crippen LogP contribution in [0, 0.1) is 5.82 Å². The Morgan fingerprint density at radius 2 is 2.03 bits per heavy atom. The lowest BCUT2D eigenvalue weighted by molar-refractivity contribution is -0.129. The Morgan fingerprint density at radius 1 is 1.17 bits per heavy atom. The number of nitrogens with two attached hydrogens (primary N) is 1. The Morgan fingerprint density at radius 3 is 2.83 bits per heavy atom. The average molecular weight is 491 g/mol. The first-order valence-electron chi connectivity index (χ1n) is 11.2. The Balaban J connectivity index is 1.34. The summed E-state index contributed by atoms with van der Waals surface area (Å²) in [7, 11) is 0. The van der Waals surface area contributed by atoms with Gasteiger partial charge in [0.05, 0.1) is 22.4 Å². The third-order valence-corrected chi connectivity index (χ3v) is 6.94. The van der Waals surface area contributed by atoms with Gasteiger partial charge in [-0.3, -0.25) is 4.79 Å². The van der Waals surface area contributed by atoms with Crippen molar-refractivity contribution in [1.82, 2.24) is 35.1 Å². The average Bonchev–Trinajstić information content (AvgIpc) is 3.61. The molecule has 2 aliphatic rings. The summed E-state index contributed by atoms with van der Waals surface area (Å²) in [6.07, 6.45) is 6.66. The number of aromatic amines is 1. The highest BCUT2D eigenvalue weighted by Gasteiger charge is 2.42. The number of nitrogens with one attached hydrogen (secondary N) is 1. The smallest absolute Gasteiger partial charge is 0.247 e. The van der Waals surface area contributed by atoms with E-state index in [4.69, 9.17) is 22.3 Å². The van der Waals surface area contributed by atoms with Gasteiger partial charge in [0, 0.05) is 35.1 Å². The minimum absolute atomic E-state index is 0.0276. The van der Waals surface area contributed by atoms with Gasteiger partial charge in [-0.15, -0.1) is 5.10 Å². The number of halogens is 2. The van der Waals surface area contributed by atoms with Crippen LogP contribution in [0.5, 0.6) is 0 Å². The number of imidazole rings is 1. The van der Waals surface area contributed by atoms with Gasteiger partial charge in [-0.2, -0.15) is 4.68 Å². The molecule has 2 atom stereocenters.